The van der Waals surface area contributed by atoms with Crippen LogP contribution in [0, 0.1) is 0 Å². The Morgan fingerprint density at radius 1 is 1.15 bits per heavy atom. The molecule has 0 spiro atoms. The topological polar surface area (TPSA) is 64.4 Å². The van der Waals surface area contributed by atoms with E-state index in [2.05, 4.69) is 13.8 Å². The minimum atomic E-state index is -0.0662. The molecule has 1 saturated heterocycles. The summed E-state index contributed by atoms with van der Waals surface area (Å²) in [6.45, 7) is 4.26. The highest BCUT2D eigenvalue weighted by atomic mass is 32.2. The summed E-state index contributed by atoms with van der Waals surface area (Å²) in [5.74, 6) is 0.977. The average Bonchev–Trinajstić information content (AvgIpc) is 3.21. The van der Waals surface area contributed by atoms with Crippen LogP contribution in [-0.4, -0.2) is 45.3 Å². The first-order valence-electron chi connectivity index (χ1n) is 12.1. The molecule has 34 heavy (non-hydrogen) atoms. The number of fused-ring (bicyclic) bond motifs is 3. The number of ether oxygens (including phenoxy) is 1. The Balaban J connectivity index is 1.59. The van der Waals surface area contributed by atoms with Gasteiger partial charge in [0.1, 0.15) is 10.6 Å². The average molecular weight is 498 g/mol. The molecule has 0 unspecified atom stereocenters. The molecule has 2 aliphatic rings. The second-order valence-corrected chi connectivity index (χ2v) is 11.3. The van der Waals surface area contributed by atoms with Crippen molar-refractivity contribution < 1.29 is 9.53 Å². The van der Waals surface area contributed by atoms with Gasteiger partial charge in [-0.05, 0) is 76.5 Å². The first-order valence-corrected chi connectivity index (χ1v) is 13.9. The number of thiophene rings is 1. The number of hydrogen-bond acceptors (Lipinski definition) is 6. The summed E-state index contributed by atoms with van der Waals surface area (Å²) in [7, 11) is 1.61. The normalized spacial score (nSPS) is 20.4. The largest absolute Gasteiger partial charge is 0.495 e. The highest BCUT2D eigenvalue weighted by Crippen LogP contribution is 2.36. The maximum absolute atomic E-state index is 14.0. The summed E-state index contributed by atoms with van der Waals surface area (Å²) in [6, 6.07) is 8.01. The number of carbonyl (C=O) groups is 1. The van der Waals surface area contributed by atoms with Crippen LogP contribution in [-0.2, 0) is 17.6 Å². The standard InChI is InChI=1S/C26H31N3O3S2/c1-16-9-8-10-17(2)28(16)22(30)15-33-26-27-24-23(18-11-4-7-14-21(18)34-24)25(31)29(26)19-12-5-6-13-20(19)32-3/h5-6,12-13,16-17H,4,7-11,14-15H2,1-3H3/t16-,17-/m1/s1. The van der Waals surface area contributed by atoms with Crippen molar-refractivity contribution in [3.8, 4) is 11.4 Å². The van der Waals surface area contributed by atoms with E-state index in [0.29, 0.717) is 16.6 Å². The van der Waals surface area contributed by atoms with Crippen LogP contribution in [0.3, 0.4) is 0 Å². The number of methoxy groups -OCH3 is 1. The molecule has 6 nitrogen and oxygen atoms in total. The number of aryl methyl sites for hydroxylation is 2. The van der Waals surface area contributed by atoms with Crippen molar-refractivity contribution in [2.75, 3.05) is 12.9 Å². The van der Waals surface area contributed by atoms with E-state index in [1.807, 2.05) is 29.2 Å². The Hall–Kier alpha value is -2.32. The summed E-state index contributed by atoms with van der Waals surface area (Å²) >= 11 is 2.99. The lowest BCUT2D eigenvalue weighted by molar-refractivity contribution is -0.134. The first kappa shape index (κ1) is 23.4. The fourth-order valence-electron chi connectivity index (χ4n) is 5.42. The van der Waals surface area contributed by atoms with E-state index in [4.69, 9.17) is 9.72 Å². The number of rotatable bonds is 5. The second kappa shape index (κ2) is 9.74. The minimum absolute atomic E-state index is 0.0662. The number of benzene rings is 1. The molecule has 2 aromatic heterocycles. The van der Waals surface area contributed by atoms with Gasteiger partial charge in [-0.1, -0.05) is 23.9 Å². The highest BCUT2D eigenvalue weighted by molar-refractivity contribution is 7.99. The van der Waals surface area contributed by atoms with Crippen LogP contribution in [0.2, 0.25) is 0 Å². The van der Waals surface area contributed by atoms with E-state index in [1.54, 1.807) is 23.0 Å². The van der Waals surface area contributed by atoms with E-state index in [0.717, 1.165) is 60.7 Å². The van der Waals surface area contributed by atoms with Crippen LogP contribution in [0.25, 0.3) is 15.9 Å². The number of nitrogens with zero attached hydrogens (tertiary/aromatic N) is 3. The molecule has 1 aliphatic heterocycles. The predicted molar refractivity (Wildman–Crippen MR) is 139 cm³/mol. The Morgan fingerprint density at radius 3 is 2.65 bits per heavy atom. The molecule has 0 bridgehead atoms. The van der Waals surface area contributed by atoms with Crippen molar-refractivity contribution in [1.82, 2.24) is 14.5 Å². The molecule has 180 valence electrons. The Kier molecular flexibility index (Phi) is 6.71. The number of hydrogen-bond donors (Lipinski definition) is 0. The number of thioether (sulfide) groups is 1. The molecule has 1 aliphatic carbocycles. The third-order valence-electron chi connectivity index (χ3n) is 7.09. The zero-order valence-corrected chi connectivity index (χ0v) is 21.6. The lowest BCUT2D eigenvalue weighted by Gasteiger charge is -2.39. The third-order valence-corrected chi connectivity index (χ3v) is 9.20. The molecule has 0 radical (unpaired) electrons. The molecule has 3 heterocycles. The van der Waals surface area contributed by atoms with Crippen molar-refractivity contribution in [3.05, 3.63) is 45.1 Å². The summed E-state index contributed by atoms with van der Waals surface area (Å²) < 4.78 is 7.25. The highest BCUT2D eigenvalue weighted by Gasteiger charge is 2.30. The lowest BCUT2D eigenvalue weighted by Crippen LogP contribution is -2.48. The van der Waals surface area contributed by atoms with Gasteiger partial charge in [-0.15, -0.1) is 11.3 Å². The van der Waals surface area contributed by atoms with E-state index < -0.39 is 0 Å². The van der Waals surface area contributed by atoms with Crippen LogP contribution in [0.1, 0.15) is 56.4 Å². The quantitative estimate of drug-likeness (QED) is 0.357. The SMILES string of the molecule is COc1ccccc1-n1c(SCC(=O)N2[C@H](C)CCC[C@H]2C)nc2sc3c(c2c1=O)CCCC3. The number of piperidine rings is 1. The predicted octanol–water partition coefficient (Wildman–Crippen LogP) is 5.22. The van der Waals surface area contributed by atoms with Crippen molar-refractivity contribution in [3.63, 3.8) is 0 Å². The van der Waals surface area contributed by atoms with Crippen LogP contribution in [0.15, 0.2) is 34.2 Å². The van der Waals surface area contributed by atoms with Crippen LogP contribution < -0.4 is 10.3 Å². The third kappa shape index (κ3) is 4.15. The fourth-order valence-corrected chi connectivity index (χ4v) is 7.60. The minimum Gasteiger partial charge on any atom is -0.495 e. The van der Waals surface area contributed by atoms with Gasteiger partial charge in [0, 0.05) is 17.0 Å². The van der Waals surface area contributed by atoms with Gasteiger partial charge in [0.05, 0.1) is 23.9 Å². The van der Waals surface area contributed by atoms with E-state index in [9.17, 15) is 9.59 Å². The van der Waals surface area contributed by atoms with Crippen LogP contribution in [0.4, 0.5) is 0 Å². The summed E-state index contributed by atoms with van der Waals surface area (Å²) in [6.07, 6.45) is 7.43. The van der Waals surface area contributed by atoms with Crippen molar-refractivity contribution >= 4 is 39.2 Å². The molecule has 3 aromatic rings. The maximum atomic E-state index is 14.0. The van der Waals surface area contributed by atoms with Crippen molar-refractivity contribution in [2.45, 2.75) is 76.0 Å². The number of aromatic nitrogens is 2. The van der Waals surface area contributed by atoms with Crippen LogP contribution >= 0.6 is 23.1 Å². The first-order chi connectivity index (χ1) is 16.5. The Morgan fingerprint density at radius 2 is 1.88 bits per heavy atom. The number of amides is 1. The molecular weight excluding hydrogens is 466 g/mol. The monoisotopic (exact) mass is 497 g/mol. The molecule has 5 rings (SSSR count). The smallest absolute Gasteiger partial charge is 0.267 e. The molecule has 0 saturated carbocycles. The number of carbonyl (C=O) groups excluding carboxylic acids is 1. The van der Waals surface area contributed by atoms with Gasteiger partial charge < -0.3 is 9.64 Å². The molecule has 1 amide bonds. The van der Waals surface area contributed by atoms with Gasteiger partial charge in [0.2, 0.25) is 5.91 Å². The van der Waals surface area contributed by atoms with Crippen molar-refractivity contribution in [2.24, 2.45) is 0 Å². The molecule has 1 aromatic carbocycles. The van der Waals surface area contributed by atoms with Gasteiger partial charge in [-0.25, -0.2) is 4.98 Å². The Labute approximate surface area is 208 Å². The molecule has 2 atom stereocenters. The Bertz CT molecular complexity index is 1270. The fraction of sp³-hybridized carbons (Fsp3) is 0.500. The summed E-state index contributed by atoms with van der Waals surface area (Å²) in [5.41, 5.74) is 1.76. The van der Waals surface area contributed by atoms with Gasteiger partial charge in [0.25, 0.3) is 5.56 Å². The van der Waals surface area contributed by atoms with Gasteiger partial charge in [-0.3, -0.25) is 14.2 Å². The van der Waals surface area contributed by atoms with Gasteiger partial charge >= 0.3 is 0 Å². The number of para-hydroxylation sites is 2. The number of likely N-dealkylation sites (tertiary alicyclic amines) is 1. The summed E-state index contributed by atoms with van der Waals surface area (Å²) in [5, 5.41) is 1.28. The summed E-state index contributed by atoms with van der Waals surface area (Å²) in [4.78, 5) is 36.3. The molecular formula is C26H31N3O3S2. The molecule has 0 N–H and O–H groups in total. The van der Waals surface area contributed by atoms with Crippen LogP contribution in [0.5, 0.6) is 5.75 Å². The lowest BCUT2D eigenvalue weighted by atomic mass is 9.97. The zero-order valence-electron chi connectivity index (χ0n) is 20.0. The van der Waals surface area contributed by atoms with Gasteiger partial charge in [-0.2, -0.15) is 0 Å². The van der Waals surface area contributed by atoms with E-state index in [1.165, 1.54) is 16.6 Å². The van der Waals surface area contributed by atoms with Gasteiger partial charge in [0.15, 0.2) is 5.16 Å². The maximum Gasteiger partial charge on any atom is 0.267 e. The molecule has 8 heteroatoms. The molecule has 1 fully saturated rings. The van der Waals surface area contributed by atoms with E-state index in [-0.39, 0.29) is 29.3 Å². The second-order valence-electron chi connectivity index (χ2n) is 9.32. The van der Waals surface area contributed by atoms with Crippen molar-refractivity contribution in [1.29, 1.82) is 0 Å². The zero-order chi connectivity index (χ0) is 23.8. The van der Waals surface area contributed by atoms with E-state index >= 15 is 0 Å².